The SMILES string of the molecule is CCC1(O)CCN(C(=O)c2cnc3n[nH]c(C)c3c2)CC1. The molecule has 0 atom stereocenters. The summed E-state index contributed by atoms with van der Waals surface area (Å²) in [6.07, 6.45) is 3.58. The predicted octanol–water partition coefficient (Wildman–Crippen LogP) is 1.64. The molecule has 0 spiro atoms. The molecular formula is C15H20N4O2. The van der Waals surface area contributed by atoms with Gasteiger partial charge in [-0.05, 0) is 32.3 Å². The molecule has 112 valence electrons. The van der Waals surface area contributed by atoms with Crippen molar-refractivity contribution in [2.75, 3.05) is 13.1 Å². The second-order valence-electron chi connectivity index (χ2n) is 5.81. The van der Waals surface area contributed by atoms with Crippen molar-refractivity contribution < 1.29 is 9.90 Å². The number of piperidine rings is 1. The molecule has 6 heteroatoms. The maximum atomic E-state index is 12.5. The monoisotopic (exact) mass is 288 g/mol. The quantitative estimate of drug-likeness (QED) is 0.880. The first-order valence-electron chi connectivity index (χ1n) is 7.35. The maximum Gasteiger partial charge on any atom is 0.255 e. The number of aromatic nitrogens is 3. The van der Waals surface area contributed by atoms with E-state index in [9.17, 15) is 9.90 Å². The van der Waals surface area contributed by atoms with Crippen LogP contribution in [0.1, 0.15) is 42.2 Å². The Kier molecular flexibility index (Phi) is 3.41. The van der Waals surface area contributed by atoms with E-state index in [4.69, 9.17) is 0 Å². The van der Waals surface area contributed by atoms with E-state index in [1.54, 1.807) is 11.1 Å². The Balaban J connectivity index is 1.79. The second kappa shape index (κ2) is 5.11. The molecule has 2 aromatic heterocycles. The molecule has 3 heterocycles. The number of rotatable bonds is 2. The zero-order valence-electron chi connectivity index (χ0n) is 12.4. The number of nitrogens with one attached hydrogen (secondary N) is 1. The summed E-state index contributed by atoms with van der Waals surface area (Å²) in [6, 6.07) is 1.84. The van der Waals surface area contributed by atoms with Crippen LogP contribution in [0.3, 0.4) is 0 Å². The van der Waals surface area contributed by atoms with Gasteiger partial charge in [-0.3, -0.25) is 9.89 Å². The van der Waals surface area contributed by atoms with Crippen molar-refractivity contribution in [3.05, 3.63) is 23.5 Å². The van der Waals surface area contributed by atoms with Gasteiger partial charge in [0.25, 0.3) is 5.91 Å². The summed E-state index contributed by atoms with van der Waals surface area (Å²) in [5.74, 6) is -0.0249. The number of amides is 1. The lowest BCUT2D eigenvalue weighted by atomic mass is 9.89. The number of carbonyl (C=O) groups is 1. The Morgan fingerprint density at radius 3 is 2.86 bits per heavy atom. The van der Waals surface area contributed by atoms with Crippen molar-refractivity contribution in [1.29, 1.82) is 0 Å². The number of H-pyrrole nitrogens is 1. The van der Waals surface area contributed by atoms with Crippen molar-refractivity contribution in [2.45, 2.75) is 38.7 Å². The number of fused-ring (bicyclic) bond motifs is 1. The minimum absolute atomic E-state index is 0.0249. The van der Waals surface area contributed by atoms with Gasteiger partial charge >= 0.3 is 0 Å². The highest BCUT2D eigenvalue weighted by molar-refractivity contribution is 5.97. The number of hydrogen-bond donors (Lipinski definition) is 2. The third-order valence-electron chi connectivity index (χ3n) is 4.49. The van der Waals surface area contributed by atoms with Crippen LogP contribution in [0.4, 0.5) is 0 Å². The van der Waals surface area contributed by atoms with Crippen molar-refractivity contribution in [1.82, 2.24) is 20.1 Å². The lowest BCUT2D eigenvalue weighted by Gasteiger charge is -2.37. The number of carbonyl (C=O) groups excluding carboxylic acids is 1. The molecule has 0 aromatic carbocycles. The highest BCUT2D eigenvalue weighted by atomic mass is 16.3. The Morgan fingerprint density at radius 1 is 1.48 bits per heavy atom. The van der Waals surface area contributed by atoms with Gasteiger partial charge in [-0.1, -0.05) is 6.92 Å². The third kappa shape index (κ3) is 2.51. The molecule has 0 unspecified atom stereocenters. The van der Waals surface area contributed by atoms with Crippen molar-refractivity contribution in [3.63, 3.8) is 0 Å². The molecule has 1 fully saturated rings. The van der Waals surface area contributed by atoms with Gasteiger partial charge in [-0.15, -0.1) is 0 Å². The van der Waals surface area contributed by atoms with E-state index >= 15 is 0 Å². The molecule has 1 saturated heterocycles. The molecule has 0 saturated carbocycles. The van der Waals surface area contributed by atoms with Gasteiger partial charge in [0, 0.05) is 30.4 Å². The van der Waals surface area contributed by atoms with Gasteiger partial charge < -0.3 is 10.0 Å². The molecule has 6 nitrogen and oxygen atoms in total. The molecule has 3 rings (SSSR count). The van der Waals surface area contributed by atoms with Crippen LogP contribution < -0.4 is 0 Å². The fourth-order valence-electron chi connectivity index (χ4n) is 2.80. The van der Waals surface area contributed by atoms with Crippen LogP contribution in [0.5, 0.6) is 0 Å². The lowest BCUT2D eigenvalue weighted by Crippen LogP contribution is -2.46. The zero-order chi connectivity index (χ0) is 15.0. The molecule has 1 aliphatic heterocycles. The van der Waals surface area contributed by atoms with E-state index in [-0.39, 0.29) is 5.91 Å². The number of aromatic amines is 1. The Hall–Kier alpha value is -1.95. The van der Waals surface area contributed by atoms with Gasteiger partial charge in [-0.25, -0.2) is 4.98 Å². The van der Waals surface area contributed by atoms with Crippen LogP contribution in [-0.4, -0.2) is 49.8 Å². The van der Waals surface area contributed by atoms with Gasteiger partial charge in [0.2, 0.25) is 0 Å². The molecule has 2 N–H and O–H groups in total. The molecule has 21 heavy (non-hydrogen) atoms. The standard InChI is InChI=1S/C15H20N4O2/c1-3-15(21)4-6-19(7-5-15)14(20)11-8-12-10(2)17-18-13(12)16-9-11/h8-9,21H,3-7H2,1-2H3,(H,16,17,18). The number of pyridine rings is 1. The Morgan fingerprint density at radius 2 is 2.19 bits per heavy atom. The molecular weight excluding hydrogens is 268 g/mol. The minimum Gasteiger partial charge on any atom is -0.390 e. The number of nitrogens with zero attached hydrogens (tertiary/aromatic N) is 3. The van der Waals surface area contributed by atoms with E-state index < -0.39 is 5.60 Å². The fraction of sp³-hybridized carbons (Fsp3) is 0.533. The Bertz CT molecular complexity index is 671. The second-order valence-corrected chi connectivity index (χ2v) is 5.81. The highest BCUT2D eigenvalue weighted by Crippen LogP contribution is 2.26. The molecule has 0 aliphatic carbocycles. The highest BCUT2D eigenvalue weighted by Gasteiger charge is 2.32. The first-order valence-corrected chi connectivity index (χ1v) is 7.35. The predicted molar refractivity (Wildman–Crippen MR) is 79.0 cm³/mol. The van der Waals surface area contributed by atoms with Crippen LogP contribution in [0.25, 0.3) is 11.0 Å². The summed E-state index contributed by atoms with van der Waals surface area (Å²) < 4.78 is 0. The molecule has 1 amide bonds. The lowest BCUT2D eigenvalue weighted by molar-refractivity contribution is -0.0193. The van der Waals surface area contributed by atoms with Gasteiger partial charge in [0.05, 0.1) is 11.2 Å². The largest absolute Gasteiger partial charge is 0.390 e. The third-order valence-corrected chi connectivity index (χ3v) is 4.49. The minimum atomic E-state index is -0.611. The van der Waals surface area contributed by atoms with Crippen LogP contribution in [0.15, 0.2) is 12.3 Å². The first kappa shape index (κ1) is 14.0. The maximum absolute atomic E-state index is 12.5. The summed E-state index contributed by atoms with van der Waals surface area (Å²) in [7, 11) is 0. The van der Waals surface area contributed by atoms with E-state index in [0.717, 1.165) is 17.5 Å². The van der Waals surface area contributed by atoms with Gasteiger partial charge in [-0.2, -0.15) is 5.10 Å². The van der Waals surface area contributed by atoms with Gasteiger partial charge in [0.15, 0.2) is 5.65 Å². The van der Waals surface area contributed by atoms with E-state index in [2.05, 4.69) is 15.2 Å². The molecule has 0 bridgehead atoms. The summed E-state index contributed by atoms with van der Waals surface area (Å²) >= 11 is 0. The Labute approximate surface area is 123 Å². The number of aryl methyl sites for hydroxylation is 1. The van der Waals surface area contributed by atoms with Crippen LogP contribution in [-0.2, 0) is 0 Å². The normalized spacial score (nSPS) is 18.1. The van der Waals surface area contributed by atoms with Gasteiger partial charge in [0.1, 0.15) is 0 Å². The fourth-order valence-corrected chi connectivity index (χ4v) is 2.80. The average Bonchev–Trinajstić information content (AvgIpc) is 2.88. The molecule has 1 aliphatic rings. The zero-order valence-corrected chi connectivity index (χ0v) is 12.4. The van der Waals surface area contributed by atoms with Crippen LogP contribution in [0.2, 0.25) is 0 Å². The van der Waals surface area contributed by atoms with Crippen molar-refractivity contribution >= 4 is 16.9 Å². The summed E-state index contributed by atoms with van der Waals surface area (Å²) in [5, 5.41) is 18.1. The van der Waals surface area contributed by atoms with Crippen molar-refractivity contribution in [2.24, 2.45) is 0 Å². The average molecular weight is 288 g/mol. The van der Waals surface area contributed by atoms with Crippen LogP contribution >= 0.6 is 0 Å². The summed E-state index contributed by atoms with van der Waals surface area (Å²) in [4.78, 5) is 18.6. The van der Waals surface area contributed by atoms with E-state index in [0.29, 0.717) is 37.1 Å². The van der Waals surface area contributed by atoms with Crippen molar-refractivity contribution in [3.8, 4) is 0 Å². The topological polar surface area (TPSA) is 82.1 Å². The smallest absolute Gasteiger partial charge is 0.255 e. The molecule has 0 radical (unpaired) electrons. The first-order chi connectivity index (χ1) is 10.0. The molecule has 2 aromatic rings. The van der Waals surface area contributed by atoms with Crippen LogP contribution in [0, 0.1) is 6.92 Å². The number of hydrogen-bond acceptors (Lipinski definition) is 4. The van der Waals surface area contributed by atoms with E-state index in [1.807, 2.05) is 19.9 Å². The summed E-state index contributed by atoms with van der Waals surface area (Å²) in [6.45, 7) is 5.07. The number of likely N-dealkylation sites (tertiary alicyclic amines) is 1. The number of aliphatic hydroxyl groups is 1. The van der Waals surface area contributed by atoms with E-state index in [1.165, 1.54) is 0 Å². The summed E-state index contributed by atoms with van der Waals surface area (Å²) in [5.41, 5.74) is 1.50.